The zero-order valence-corrected chi connectivity index (χ0v) is 17.2. The van der Waals surface area contributed by atoms with E-state index in [2.05, 4.69) is 15.8 Å². The van der Waals surface area contributed by atoms with Gasteiger partial charge in [-0.15, -0.1) is 11.8 Å². The van der Waals surface area contributed by atoms with E-state index in [1.807, 2.05) is 0 Å². The van der Waals surface area contributed by atoms with Crippen LogP contribution in [0.1, 0.15) is 12.7 Å². The van der Waals surface area contributed by atoms with Gasteiger partial charge in [-0.25, -0.2) is 4.39 Å². The van der Waals surface area contributed by atoms with Crippen molar-refractivity contribution in [2.75, 3.05) is 16.4 Å². The maximum Gasteiger partial charge on any atom is 0.238 e. The number of halogens is 1. The van der Waals surface area contributed by atoms with Crippen molar-refractivity contribution in [1.82, 2.24) is 5.16 Å². The smallest absolute Gasteiger partial charge is 0.238 e. The molecule has 0 saturated carbocycles. The Morgan fingerprint density at radius 3 is 2.57 bits per heavy atom. The number of anilines is 2. The summed E-state index contributed by atoms with van der Waals surface area (Å²) in [6, 6.07) is 14.1. The van der Waals surface area contributed by atoms with Crippen LogP contribution in [0.4, 0.5) is 15.9 Å². The van der Waals surface area contributed by atoms with Crippen LogP contribution in [-0.2, 0) is 9.59 Å². The second-order valence-corrected chi connectivity index (χ2v) is 7.73. The van der Waals surface area contributed by atoms with Gasteiger partial charge in [-0.3, -0.25) is 9.59 Å². The minimum atomic E-state index is -0.449. The van der Waals surface area contributed by atoms with Gasteiger partial charge < -0.3 is 19.9 Å². The van der Waals surface area contributed by atoms with Gasteiger partial charge in [-0.2, -0.15) is 0 Å². The van der Waals surface area contributed by atoms with Crippen molar-refractivity contribution in [1.29, 1.82) is 0 Å². The molecule has 1 atom stereocenters. The molecular formula is C21H20FN3O4S. The van der Waals surface area contributed by atoms with Gasteiger partial charge in [0.15, 0.2) is 5.82 Å². The molecule has 2 aromatic carbocycles. The number of hydrogen-bond donors (Lipinski definition) is 2. The van der Waals surface area contributed by atoms with Crippen molar-refractivity contribution in [3.63, 3.8) is 0 Å². The number of hydrogen-bond acceptors (Lipinski definition) is 6. The Hall–Kier alpha value is -3.33. The number of rotatable bonds is 8. The molecule has 0 bridgehead atoms. The summed E-state index contributed by atoms with van der Waals surface area (Å²) in [4.78, 5) is 24.3. The first-order valence-electron chi connectivity index (χ1n) is 9.08. The van der Waals surface area contributed by atoms with Gasteiger partial charge in [0.25, 0.3) is 0 Å². The van der Waals surface area contributed by atoms with E-state index in [9.17, 15) is 14.0 Å². The summed E-state index contributed by atoms with van der Waals surface area (Å²) in [6.45, 7) is 3.43. The second-order valence-electron chi connectivity index (χ2n) is 6.40. The molecule has 0 saturated heterocycles. The molecule has 156 valence electrons. The summed E-state index contributed by atoms with van der Waals surface area (Å²) in [5.41, 5.74) is 0.586. The van der Waals surface area contributed by atoms with Gasteiger partial charge in [0.05, 0.1) is 11.0 Å². The SMILES string of the molecule is Cc1cc(NC(=O)C(C)SCC(=O)Nc2ccc(Oc3cccc(F)c3)cc2)no1. The fraction of sp³-hybridized carbons (Fsp3) is 0.190. The number of nitrogens with zero attached hydrogens (tertiary/aromatic N) is 1. The molecule has 9 heteroatoms. The van der Waals surface area contributed by atoms with Crippen molar-refractivity contribution in [3.8, 4) is 11.5 Å². The van der Waals surface area contributed by atoms with Crippen LogP contribution in [0.25, 0.3) is 0 Å². The molecule has 0 aliphatic rings. The minimum absolute atomic E-state index is 0.105. The lowest BCUT2D eigenvalue weighted by atomic mass is 10.3. The molecule has 3 rings (SSSR count). The van der Waals surface area contributed by atoms with E-state index in [-0.39, 0.29) is 23.4 Å². The van der Waals surface area contributed by atoms with E-state index in [0.717, 1.165) is 0 Å². The molecule has 0 fully saturated rings. The molecule has 0 radical (unpaired) electrons. The van der Waals surface area contributed by atoms with Gasteiger partial charge in [-0.1, -0.05) is 11.2 Å². The predicted molar refractivity (Wildman–Crippen MR) is 113 cm³/mol. The summed E-state index contributed by atoms with van der Waals surface area (Å²) in [5, 5.41) is 8.64. The van der Waals surface area contributed by atoms with Gasteiger partial charge in [0.1, 0.15) is 23.1 Å². The number of carbonyl (C=O) groups excluding carboxylic acids is 2. The lowest BCUT2D eigenvalue weighted by Crippen LogP contribution is -2.25. The van der Waals surface area contributed by atoms with Crippen LogP contribution in [0, 0.1) is 12.7 Å². The molecule has 0 aliphatic heterocycles. The zero-order valence-electron chi connectivity index (χ0n) is 16.3. The number of benzene rings is 2. The van der Waals surface area contributed by atoms with E-state index >= 15 is 0 Å². The Labute approximate surface area is 177 Å². The number of aryl methyl sites for hydroxylation is 1. The minimum Gasteiger partial charge on any atom is -0.457 e. The molecule has 0 spiro atoms. The molecule has 1 heterocycles. The molecule has 1 unspecified atom stereocenters. The summed E-state index contributed by atoms with van der Waals surface area (Å²) in [5.74, 6) is 1.06. The monoisotopic (exact) mass is 429 g/mol. The Bertz CT molecular complexity index is 1020. The van der Waals surface area contributed by atoms with Gasteiger partial charge in [0, 0.05) is 17.8 Å². The van der Waals surface area contributed by atoms with E-state index in [0.29, 0.717) is 28.8 Å². The second kappa shape index (κ2) is 9.93. The number of aromatic nitrogens is 1. The van der Waals surface area contributed by atoms with E-state index in [1.165, 1.54) is 23.9 Å². The van der Waals surface area contributed by atoms with Crippen LogP contribution < -0.4 is 15.4 Å². The number of carbonyl (C=O) groups is 2. The summed E-state index contributed by atoms with van der Waals surface area (Å²) in [7, 11) is 0. The quantitative estimate of drug-likeness (QED) is 0.543. The van der Waals surface area contributed by atoms with Crippen LogP contribution in [0.5, 0.6) is 11.5 Å². The molecule has 3 aromatic rings. The Morgan fingerprint density at radius 2 is 1.90 bits per heavy atom. The van der Waals surface area contributed by atoms with Crippen molar-refractivity contribution in [2.45, 2.75) is 19.1 Å². The molecule has 1 aromatic heterocycles. The first-order chi connectivity index (χ1) is 14.4. The highest BCUT2D eigenvalue weighted by Gasteiger charge is 2.17. The van der Waals surface area contributed by atoms with Crippen molar-refractivity contribution in [3.05, 3.63) is 66.2 Å². The number of thioether (sulfide) groups is 1. The van der Waals surface area contributed by atoms with Crippen LogP contribution in [0.15, 0.2) is 59.1 Å². The summed E-state index contributed by atoms with van der Waals surface area (Å²) < 4.78 is 23.7. The zero-order chi connectivity index (χ0) is 21.5. The highest BCUT2D eigenvalue weighted by atomic mass is 32.2. The Morgan fingerprint density at radius 1 is 1.13 bits per heavy atom. The maximum atomic E-state index is 13.2. The number of ether oxygens (including phenoxy) is 1. The highest BCUT2D eigenvalue weighted by molar-refractivity contribution is 8.01. The lowest BCUT2D eigenvalue weighted by Gasteiger charge is -2.11. The van der Waals surface area contributed by atoms with Crippen molar-refractivity contribution in [2.24, 2.45) is 0 Å². The van der Waals surface area contributed by atoms with Gasteiger partial charge >= 0.3 is 0 Å². The normalized spacial score (nSPS) is 11.6. The molecule has 0 aliphatic carbocycles. The topological polar surface area (TPSA) is 93.5 Å². The molecule has 7 nitrogen and oxygen atoms in total. The van der Waals surface area contributed by atoms with Gasteiger partial charge in [-0.05, 0) is 50.2 Å². The van der Waals surface area contributed by atoms with E-state index in [1.54, 1.807) is 56.3 Å². The Kier molecular flexibility index (Phi) is 7.08. The molecule has 2 amide bonds. The fourth-order valence-electron chi connectivity index (χ4n) is 2.40. The largest absolute Gasteiger partial charge is 0.457 e. The Balaban J connectivity index is 1.44. The molecular weight excluding hydrogens is 409 g/mol. The van der Waals surface area contributed by atoms with E-state index < -0.39 is 5.25 Å². The first kappa shape index (κ1) is 21.4. The number of amides is 2. The highest BCUT2D eigenvalue weighted by Crippen LogP contribution is 2.23. The van der Waals surface area contributed by atoms with Crippen LogP contribution in [0.3, 0.4) is 0 Å². The third-order valence-electron chi connectivity index (χ3n) is 3.88. The third-order valence-corrected chi connectivity index (χ3v) is 5.03. The van der Waals surface area contributed by atoms with Gasteiger partial charge in [0.2, 0.25) is 11.8 Å². The number of nitrogens with one attached hydrogen (secondary N) is 2. The summed E-state index contributed by atoms with van der Waals surface area (Å²) in [6.07, 6.45) is 0. The third kappa shape index (κ3) is 6.35. The molecule has 30 heavy (non-hydrogen) atoms. The van der Waals surface area contributed by atoms with Crippen LogP contribution in [0.2, 0.25) is 0 Å². The molecule has 2 N–H and O–H groups in total. The average Bonchev–Trinajstić information content (AvgIpc) is 3.12. The average molecular weight is 429 g/mol. The lowest BCUT2D eigenvalue weighted by molar-refractivity contribution is -0.115. The maximum absolute atomic E-state index is 13.2. The van der Waals surface area contributed by atoms with Crippen molar-refractivity contribution < 1.29 is 23.2 Å². The predicted octanol–water partition coefficient (Wildman–Crippen LogP) is 4.61. The fourth-order valence-corrected chi connectivity index (χ4v) is 3.08. The van der Waals surface area contributed by atoms with Crippen LogP contribution >= 0.6 is 11.8 Å². The first-order valence-corrected chi connectivity index (χ1v) is 10.1. The van der Waals surface area contributed by atoms with Crippen molar-refractivity contribution >= 4 is 35.1 Å². The standard InChI is InChI=1S/C21H20FN3O4S/c1-13-10-19(25-29-13)24-21(27)14(2)30-12-20(26)23-16-6-8-17(9-7-16)28-18-5-3-4-15(22)11-18/h3-11,14H,12H2,1-2H3,(H,23,26)(H,24,25,27). The summed E-state index contributed by atoms with van der Waals surface area (Å²) >= 11 is 1.20. The van der Waals surface area contributed by atoms with E-state index in [4.69, 9.17) is 9.26 Å². The van der Waals surface area contributed by atoms with Crippen LogP contribution in [-0.4, -0.2) is 28.0 Å².